The van der Waals surface area contributed by atoms with Gasteiger partial charge in [-0.3, -0.25) is 0 Å². The lowest BCUT2D eigenvalue weighted by atomic mass is 9.87. The molecule has 3 nitrogen and oxygen atoms in total. The highest BCUT2D eigenvalue weighted by Gasteiger charge is 2.34. The Morgan fingerprint density at radius 1 is 1.32 bits per heavy atom. The van der Waals surface area contributed by atoms with Crippen LogP contribution in [0.15, 0.2) is 10.7 Å². The molecule has 1 unspecified atom stereocenters. The summed E-state index contributed by atoms with van der Waals surface area (Å²) in [5.74, 6) is 1.81. The van der Waals surface area contributed by atoms with Gasteiger partial charge in [0.05, 0.1) is 0 Å². The van der Waals surface area contributed by atoms with Crippen molar-refractivity contribution in [2.75, 3.05) is 5.32 Å². The van der Waals surface area contributed by atoms with Gasteiger partial charge in [-0.1, -0.05) is 41.0 Å². The molecule has 106 valence electrons. The van der Waals surface area contributed by atoms with Gasteiger partial charge < -0.3 is 5.32 Å². The fourth-order valence-electron chi connectivity index (χ4n) is 2.60. The maximum atomic E-state index is 4.68. The summed E-state index contributed by atoms with van der Waals surface area (Å²) in [6.07, 6.45) is 3.80. The van der Waals surface area contributed by atoms with Crippen LogP contribution in [-0.4, -0.2) is 16.0 Å². The Morgan fingerprint density at radius 2 is 2.00 bits per heavy atom. The molecule has 1 aromatic heterocycles. The van der Waals surface area contributed by atoms with E-state index in [1.165, 1.54) is 19.3 Å². The molecule has 1 aliphatic carbocycles. The first-order chi connectivity index (χ1) is 8.68. The minimum atomic E-state index is -0.0363. The Bertz CT molecular complexity index is 463. The Balaban J connectivity index is 2.24. The van der Waals surface area contributed by atoms with E-state index in [0.717, 1.165) is 16.2 Å². The van der Waals surface area contributed by atoms with E-state index in [9.17, 15) is 0 Å². The third-order valence-electron chi connectivity index (χ3n) is 3.95. The van der Waals surface area contributed by atoms with Crippen LogP contribution in [0.3, 0.4) is 0 Å². The van der Waals surface area contributed by atoms with Crippen LogP contribution in [0.2, 0.25) is 0 Å². The van der Waals surface area contributed by atoms with Gasteiger partial charge in [0, 0.05) is 17.5 Å². The van der Waals surface area contributed by atoms with Crippen LogP contribution in [-0.2, 0) is 5.41 Å². The second-order valence-electron chi connectivity index (χ2n) is 7.23. The number of halogens is 1. The van der Waals surface area contributed by atoms with Crippen molar-refractivity contribution in [2.24, 2.45) is 5.41 Å². The van der Waals surface area contributed by atoms with E-state index in [1.54, 1.807) is 0 Å². The lowest BCUT2D eigenvalue weighted by Crippen LogP contribution is -2.31. The van der Waals surface area contributed by atoms with Gasteiger partial charge >= 0.3 is 0 Å². The van der Waals surface area contributed by atoms with Crippen LogP contribution in [0.5, 0.6) is 0 Å². The molecule has 1 aliphatic rings. The molecule has 0 aromatic carbocycles. The molecule has 0 amide bonds. The van der Waals surface area contributed by atoms with Gasteiger partial charge in [0.15, 0.2) is 0 Å². The van der Waals surface area contributed by atoms with Gasteiger partial charge in [0.1, 0.15) is 16.2 Å². The molecule has 1 fully saturated rings. The molecular weight excluding hydrogens is 302 g/mol. The van der Waals surface area contributed by atoms with E-state index in [0.29, 0.717) is 11.5 Å². The molecule has 0 spiro atoms. The molecule has 0 saturated heterocycles. The molecular formula is C15H24BrN3. The number of rotatable bonds is 2. The second-order valence-corrected chi connectivity index (χ2v) is 8.04. The first-order valence-electron chi connectivity index (χ1n) is 7.00. The van der Waals surface area contributed by atoms with Crippen LogP contribution < -0.4 is 5.32 Å². The predicted octanol–water partition coefficient (Wildman–Crippen LogP) is 4.53. The number of hydrogen-bond donors (Lipinski definition) is 1. The summed E-state index contributed by atoms with van der Waals surface area (Å²) in [5.41, 5.74) is 0.310. The van der Waals surface area contributed by atoms with Gasteiger partial charge in [-0.15, -0.1) is 0 Å². The lowest BCUT2D eigenvalue weighted by Gasteiger charge is -2.28. The maximum absolute atomic E-state index is 4.68. The van der Waals surface area contributed by atoms with Crippen molar-refractivity contribution >= 4 is 21.7 Å². The third kappa shape index (κ3) is 3.47. The van der Waals surface area contributed by atoms with Crippen molar-refractivity contribution in [1.82, 2.24) is 9.97 Å². The molecule has 0 radical (unpaired) electrons. The Hall–Kier alpha value is -0.640. The molecule has 1 heterocycles. The van der Waals surface area contributed by atoms with Crippen LogP contribution in [0, 0.1) is 5.41 Å². The number of anilines is 1. The fraction of sp³-hybridized carbons (Fsp3) is 0.733. The van der Waals surface area contributed by atoms with Gasteiger partial charge in [-0.2, -0.15) is 0 Å². The van der Waals surface area contributed by atoms with Gasteiger partial charge in [-0.25, -0.2) is 9.97 Å². The first-order valence-corrected chi connectivity index (χ1v) is 7.79. The van der Waals surface area contributed by atoms with Crippen LogP contribution in [0.4, 0.5) is 5.82 Å². The summed E-state index contributed by atoms with van der Waals surface area (Å²) < 4.78 is 0.853. The molecule has 0 aliphatic heterocycles. The lowest BCUT2D eigenvalue weighted by molar-refractivity contribution is 0.349. The number of nitrogens with zero attached hydrogens (tertiary/aromatic N) is 2. The van der Waals surface area contributed by atoms with Crippen molar-refractivity contribution in [1.29, 1.82) is 0 Å². The minimum Gasteiger partial charge on any atom is -0.367 e. The maximum Gasteiger partial charge on any atom is 0.137 e. The number of hydrogen-bond acceptors (Lipinski definition) is 3. The zero-order valence-electron chi connectivity index (χ0n) is 12.5. The largest absolute Gasteiger partial charge is 0.367 e. The van der Waals surface area contributed by atoms with Gasteiger partial charge in [0.25, 0.3) is 0 Å². The molecule has 1 saturated carbocycles. The van der Waals surface area contributed by atoms with Crippen molar-refractivity contribution in [3.8, 4) is 0 Å². The molecule has 4 heteroatoms. The van der Waals surface area contributed by atoms with Crippen LogP contribution >= 0.6 is 15.9 Å². The molecule has 2 rings (SSSR count). The van der Waals surface area contributed by atoms with Gasteiger partial charge in [0.2, 0.25) is 0 Å². The van der Waals surface area contributed by atoms with Crippen LogP contribution in [0.1, 0.15) is 59.7 Å². The van der Waals surface area contributed by atoms with Crippen molar-refractivity contribution in [2.45, 2.75) is 65.3 Å². The highest BCUT2D eigenvalue weighted by Crippen LogP contribution is 2.39. The van der Waals surface area contributed by atoms with E-state index in [4.69, 9.17) is 0 Å². The average molecular weight is 326 g/mol. The Labute approximate surface area is 124 Å². The standard InChI is InChI=1S/C15H24BrN3/c1-14(2,3)13-18-11(16)9-12(19-13)17-10-7-6-8-15(10,4)5/h9-10H,6-8H2,1-5H3,(H,17,18,19). The zero-order chi connectivity index (χ0) is 14.3. The molecule has 19 heavy (non-hydrogen) atoms. The van der Waals surface area contributed by atoms with Crippen LogP contribution in [0.25, 0.3) is 0 Å². The molecule has 1 atom stereocenters. The van der Waals surface area contributed by atoms with E-state index in [1.807, 2.05) is 6.07 Å². The first kappa shape index (κ1) is 14.8. The van der Waals surface area contributed by atoms with E-state index in [-0.39, 0.29) is 5.41 Å². The summed E-state index contributed by atoms with van der Waals surface area (Å²) in [6.45, 7) is 11.1. The Kier molecular flexibility index (Phi) is 3.92. The van der Waals surface area contributed by atoms with Crippen molar-refractivity contribution in [3.05, 3.63) is 16.5 Å². The summed E-state index contributed by atoms with van der Waals surface area (Å²) in [6, 6.07) is 2.48. The average Bonchev–Trinajstić information content (AvgIpc) is 2.56. The van der Waals surface area contributed by atoms with Crippen molar-refractivity contribution in [3.63, 3.8) is 0 Å². The molecule has 1 N–H and O–H groups in total. The summed E-state index contributed by atoms with van der Waals surface area (Å²) in [7, 11) is 0. The summed E-state index contributed by atoms with van der Waals surface area (Å²) in [5, 5.41) is 3.60. The monoisotopic (exact) mass is 325 g/mol. The quantitative estimate of drug-likeness (QED) is 0.812. The SMILES string of the molecule is CC(C)(C)c1nc(Br)cc(NC2CCCC2(C)C)n1. The van der Waals surface area contributed by atoms with Crippen molar-refractivity contribution < 1.29 is 0 Å². The highest BCUT2D eigenvalue weighted by atomic mass is 79.9. The minimum absolute atomic E-state index is 0.0363. The normalized spacial score (nSPS) is 22.5. The second kappa shape index (κ2) is 5.04. The fourth-order valence-corrected chi connectivity index (χ4v) is 2.98. The number of aromatic nitrogens is 2. The molecule has 0 bridgehead atoms. The third-order valence-corrected chi connectivity index (χ3v) is 4.35. The van der Waals surface area contributed by atoms with Gasteiger partial charge in [-0.05, 0) is 34.2 Å². The Morgan fingerprint density at radius 3 is 2.53 bits per heavy atom. The smallest absolute Gasteiger partial charge is 0.137 e. The highest BCUT2D eigenvalue weighted by molar-refractivity contribution is 9.10. The summed E-state index contributed by atoms with van der Waals surface area (Å²) >= 11 is 3.49. The molecule has 1 aromatic rings. The number of nitrogens with one attached hydrogen (secondary N) is 1. The van der Waals surface area contributed by atoms with E-state index in [2.05, 4.69) is 65.8 Å². The van der Waals surface area contributed by atoms with E-state index < -0.39 is 0 Å². The summed E-state index contributed by atoms with van der Waals surface area (Å²) in [4.78, 5) is 9.16. The van der Waals surface area contributed by atoms with E-state index >= 15 is 0 Å². The predicted molar refractivity (Wildman–Crippen MR) is 83.5 cm³/mol. The zero-order valence-corrected chi connectivity index (χ0v) is 14.1. The topological polar surface area (TPSA) is 37.8 Å².